The molecule has 396 valence electrons. The summed E-state index contributed by atoms with van der Waals surface area (Å²) < 4.78 is 31.1. The fourth-order valence-electron chi connectivity index (χ4n) is 10.6. The van der Waals surface area contributed by atoms with Gasteiger partial charge in [0.15, 0.2) is 5.67 Å². The molecule has 0 radical (unpaired) electrons. The molecule has 7 rings (SSSR count). The summed E-state index contributed by atoms with van der Waals surface area (Å²) in [6.45, 7) is 18.0. The maximum atomic E-state index is 16.8. The minimum absolute atomic E-state index is 0.00941. The van der Waals surface area contributed by atoms with Gasteiger partial charge >= 0.3 is 5.97 Å². The minimum Gasteiger partial charge on any atom is -0.464 e. The normalized spacial score (nSPS) is 22.4. The zero-order chi connectivity index (χ0) is 53.2. The number of aryl methyl sites for hydroxylation is 1. The number of rotatable bonds is 10. The molecule has 16 nitrogen and oxygen atoms in total. The van der Waals surface area contributed by atoms with Gasteiger partial charge in [0.1, 0.15) is 18.1 Å². The number of carbonyl (C=O) groups excluding carboxylic acids is 5. The van der Waals surface area contributed by atoms with Gasteiger partial charge in [0.25, 0.3) is 17.7 Å². The van der Waals surface area contributed by atoms with Crippen molar-refractivity contribution in [3.63, 3.8) is 0 Å². The Morgan fingerprint density at radius 3 is 2.47 bits per heavy atom. The van der Waals surface area contributed by atoms with Crippen LogP contribution < -0.4 is 10.7 Å². The molecule has 6 heterocycles. The second kappa shape index (κ2) is 22.4. The zero-order valence-corrected chi connectivity index (χ0v) is 45.2. The lowest BCUT2D eigenvalue weighted by Crippen LogP contribution is -2.64. The zero-order valence-electron chi connectivity index (χ0n) is 45.2. The predicted octanol–water partition coefficient (Wildman–Crippen LogP) is 5.78. The van der Waals surface area contributed by atoms with Crippen LogP contribution in [0.3, 0.4) is 0 Å². The van der Waals surface area contributed by atoms with E-state index in [9.17, 15) is 24.0 Å². The number of methoxy groups -OCH3 is 1. The van der Waals surface area contributed by atoms with Gasteiger partial charge in [-0.05, 0) is 120 Å². The number of esters is 1. The average molecular weight is 1010 g/mol. The van der Waals surface area contributed by atoms with Crippen LogP contribution in [0.25, 0.3) is 27.7 Å². The molecule has 4 aliphatic rings. The van der Waals surface area contributed by atoms with E-state index in [0.29, 0.717) is 51.9 Å². The van der Waals surface area contributed by atoms with E-state index in [2.05, 4.69) is 83.2 Å². The second-order valence-corrected chi connectivity index (χ2v) is 22.3. The summed E-state index contributed by atoms with van der Waals surface area (Å²) in [5, 5.41) is 5.52. The fraction of sp³-hybridized carbons (Fsp3) is 0.607. The summed E-state index contributed by atoms with van der Waals surface area (Å²) in [4.78, 5) is 82.2. The highest BCUT2D eigenvalue weighted by molar-refractivity contribution is 5.97. The first-order valence-electron chi connectivity index (χ1n) is 26.0. The van der Waals surface area contributed by atoms with Crippen molar-refractivity contribution in [2.24, 2.45) is 11.3 Å². The van der Waals surface area contributed by atoms with E-state index in [4.69, 9.17) is 14.5 Å². The molecule has 6 bridgehead atoms. The van der Waals surface area contributed by atoms with Crippen molar-refractivity contribution in [2.75, 3.05) is 74.1 Å². The molecule has 2 unspecified atom stereocenters. The number of ether oxygens (including phenoxy) is 2. The van der Waals surface area contributed by atoms with E-state index in [1.54, 1.807) is 27.2 Å². The molecule has 5 atom stereocenters. The largest absolute Gasteiger partial charge is 0.464 e. The number of alkyl halides is 1. The molecule has 0 saturated carbocycles. The number of nitrogens with one attached hydrogen (secondary N) is 2. The number of piperidine rings is 1. The number of nitrogens with zero attached hydrogens (tertiary/aromatic N) is 7. The number of likely N-dealkylation sites (tertiary alicyclic amines) is 1. The third-order valence-electron chi connectivity index (χ3n) is 15.4. The fourth-order valence-corrected chi connectivity index (χ4v) is 10.6. The summed E-state index contributed by atoms with van der Waals surface area (Å²) in [5.41, 5.74) is 6.92. The van der Waals surface area contributed by atoms with Crippen molar-refractivity contribution < 1.29 is 37.8 Å². The third-order valence-corrected chi connectivity index (χ3v) is 15.4. The van der Waals surface area contributed by atoms with Crippen LogP contribution in [0.15, 0.2) is 42.6 Å². The molecular weight excluding hydrogens is 930 g/mol. The quantitative estimate of drug-likeness (QED) is 0.187. The molecule has 2 aromatic heterocycles. The van der Waals surface area contributed by atoms with Crippen LogP contribution in [0.4, 0.5) is 4.39 Å². The molecule has 2 saturated heterocycles. The van der Waals surface area contributed by atoms with Crippen LogP contribution in [0.5, 0.6) is 0 Å². The number of hydrazine groups is 1. The number of aromatic nitrogens is 2. The number of pyridine rings is 1. The SMILES string of the molecule is CCn1c(-c2cccnc2[C@H](C)OC)c2c3cc(ccc31)C1=CCCN(C1)C[C@H](NC(=O)C(C(C)C)N(C)C(=O)C1(F)CCN(C(=O)C#CC(C)(C)N(C)C)CC1)C(=O)N1CCC[C@H](N1)C(=O)OCC(C)(C)C2. The van der Waals surface area contributed by atoms with Crippen LogP contribution in [0, 0.1) is 23.2 Å². The number of amides is 4. The Balaban J connectivity index is 1.19. The Bertz CT molecular complexity index is 2660. The molecular formula is C56H78FN9O7. The van der Waals surface area contributed by atoms with E-state index in [1.165, 1.54) is 17.0 Å². The molecule has 73 heavy (non-hydrogen) atoms. The molecule has 0 aliphatic carbocycles. The van der Waals surface area contributed by atoms with E-state index in [-0.39, 0.29) is 45.2 Å². The number of carbonyl (C=O) groups is 5. The molecule has 2 fully saturated rings. The van der Waals surface area contributed by atoms with Gasteiger partial charge in [-0.1, -0.05) is 45.8 Å². The highest BCUT2D eigenvalue weighted by Crippen LogP contribution is 2.42. The van der Waals surface area contributed by atoms with Crippen molar-refractivity contribution in [2.45, 2.75) is 136 Å². The number of hydrogen-bond donors (Lipinski definition) is 2. The van der Waals surface area contributed by atoms with Crippen LogP contribution in [0.2, 0.25) is 0 Å². The van der Waals surface area contributed by atoms with Gasteiger partial charge in [-0.3, -0.25) is 43.8 Å². The first-order valence-corrected chi connectivity index (χ1v) is 26.0. The Kier molecular flexibility index (Phi) is 16.9. The molecule has 1 aromatic carbocycles. The lowest BCUT2D eigenvalue weighted by molar-refractivity contribution is -0.156. The first-order chi connectivity index (χ1) is 34.5. The van der Waals surface area contributed by atoms with Gasteiger partial charge in [0.2, 0.25) is 5.91 Å². The van der Waals surface area contributed by atoms with Gasteiger partial charge in [-0.25, -0.2) is 9.82 Å². The van der Waals surface area contributed by atoms with Crippen LogP contribution >= 0.6 is 0 Å². The number of cyclic esters (lactones) is 1. The summed E-state index contributed by atoms with van der Waals surface area (Å²) in [6.07, 6.45) is 5.51. The lowest BCUT2D eigenvalue weighted by atomic mass is 9.84. The Hall–Kier alpha value is -5.67. The maximum Gasteiger partial charge on any atom is 0.324 e. The van der Waals surface area contributed by atoms with Crippen molar-refractivity contribution in [3.8, 4) is 23.1 Å². The highest BCUT2D eigenvalue weighted by Gasteiger charge is 2.47. The number of fused-ring (bicyclic) bond motifs is 6. The standard InChI is InChI=1S/C56H78FN9O7/c1-13-65-45-21-20-38-31-41(45)42(49(65)40-18-14-26-58-47(40)37(4)72-12)32-54(5,6)35-73-52(70)43-19-16-28-66(60-43)51(69)44(34-63-27-15-17-39(38)33-63)59-50(68)48(36(2)3)62(11)53(71)56(57)24-29-64(30-25-56)46(67)22-23-55(7,8)61(9)10/h14,17-18,20-21,26,31,36-37,43-44,48,60H,13,15-16,19,24-25,27-30,32-35H2,1-12H3,(H,59,68)/t37-,43-,44-,48?/m0/s1. The predicted molar refractivity (Wildman–Crippen MR) is 280 cm³/mol. The molecule has 17 heteroatoms. The number of hydrogen-bond acceptors (Lipinski definition) is 11. The van der Waals surface area contributed by atoms with E-state index in [0.717, 1.165) is 49.5 Å². The summed E-state index contributed by atoms with van der Waals surface area (Å²) in [5.74, 6) is 2.40. The van der Waals surface area contributed by atoms with Gasteiger partial charge in [-0.15, -0.1) is 0 Å². The van der Waals surface area contributed by atoms with E-state index < -0.39 is 70.3 Å². The van der Waals surface area contributed by atoms with Gasteiger partial charge < -0.3 is 29.2 Å². The van der Waals surface area contributed by atoms with Crippen molar-refractivity contribution in [1.29, 1.82) is 0 Å². The Morgan fingerprint density at radius 2 is 1.79 bits per heavy atom. The van der Waals surface area contributed by atoms with Crippen LogP contribution in [0.1, 0.15) is 110 Å². The molecule has 0 spiro atoms. The van der Waals surface area contributed by atoms with Gasteiger partial charge in [0, 0.05) is 101 Å². The topological polar surface area (TPSA) is 162 Å². The second-order valence-electron chi connectivity index (χ2n) is 22.3. The number of likely N-dealkylation sites (N-methyl/N-ethyl adjacent to an activating group) is 1. The van der Waals surface area contributed by atoms with E-state index in [1.807, 2.05) is 45.8 Å². The van der Waals surface area contributed by atoms with Gasteiger partial charge in [0.05, 0.1) is 29.6 Å². The Labute approximate surface area is 431 Å². The molecule has 2 N–H and O–H groups in total. The van der Waals surface area contributed by atoms with Crippen molar-refractivity contribution in [1.82, 2.24) is 44.9 Å². The highest BCUT2D eigenvalue weighted by atomic mass is 19.1. The third kappa shape index (κ3) is 12.0. The Morgan fingerprint density at radius 1 is 1.07 bits per heavy atom. The van der Waals surface area contributed by atoms with Crippen molar-refractivity contribution >= 4 is 46.1 Å². The first kappa shape index (κ1) is 55.1. The summed E-state index contributed by atoms with van der Waals surface area (Å²) >= 11 is 0. The molecule has 4 aliphatic heterocycles. The monoisotopic (exact) mass is 1010 g/mol. The average Bonchev–Trinajstić information content (AvgIpc) is 3.67. The number of benzene rings is 1. The lowest BCUT2D eigenvalue weighted by Gasteiger charge is -2.40. The smallest absolute Gasteiger partial charge is 0.324 e. The summed E-state index contributed by atoms with van der Waals surface area (Å²) in [6, 6.07) is 7.56. The number of halogens is 1. The van der Waals surface area contributed by atoms with Crippen LogP contribution in [-0.2, 0) is 46.4 Å². The molecule has 4 amide bonds. The minimum atomic E-state index is -2.33. The maximum absolute atomic E-state index is 16.8. The molecule has 3 aromatic rings. The van der Waals surface area contributed by atoms with Crippen molar-refractivity contribution in [3.05, 3.63) is 59.4 Å². The van der Waals surface area contributed by atoms with Crippen LogP contribution in [-0.4, -0.2) is 167 Å². The van der Waals surface area contributed by atoms with Gasteiger partial charge in [-0.2, -0.15) is 0 Å². The summed E-state index contributed by atoms with van der Waals surface area (Å²) in [7, 11) is 6.85. The van der Waals surface area contributed by atoms with E-state index >= 15 is 4.39 Å².